The molecule has 20 heavy (non-hydrogen) atoms. The van der Waals surface area contributed by atoms with Gasteiger partial charge in [-0.3, -0.25) is 0 Å². The summed E-state index contributed by atoms with van der Waals surface area (Å²) in [6, 6.07) is 11.9. The zero-order valence-electron chi connectivity index (χ0n) is 11.4. The van der Waals surface area contributed by atoms with Crippen LogP contribution in [0.1, 0.15) is 12.5 Å². The first kappa shape index (κ1) is 13.0. The van der Waals surface area contributed by atoms with Gasteiger partial charge in [-0.25, -0.2) is 4.98 Å². The summed E-state index contributed by atoms with van der Waals surface area (Å²) in [4.78, 5) is 4.67. The molecule has 102 valence electrons. The maximum atomic E-state index is 5.80. The van der Waals surface area contributed by atoms with Gasteiger partial charge in [0.15, 0.2) is 5.56 Å². The molecular weight excluding hydrogens is 272 g/mol. The molecule has 0 bridgehead atoms. The molecule has 0 saturated heterocycles. The predicted molar refractivity (Wildman–Crippen MR) is 81.3 cm³/mol. The number of pyridine rings is 1. The molecule has 1 atom stereocenters. The summed E-state index contributed by atoms with van der Waals surface area (Å²) in [5.74, 6) is 0.760. The molecule has 3 nitrogen and oxygen atoms in total. The summed E-state index contributed by atoms with van der Waals surface area (Å²) in [6.07, 6.45) is 4.04. The smallest absolute Gasteiger partial charge is 0.169 e. The highest BCUT2D eigenvalue weighted by Crippen LogP contribution is 2.23. The molecule has 0 N–H and O–H groups in total. The van der Waals surface area contributed by atoms with Crippen LogP contribution in [0.5, 0.6) is 5.75 Å². The van der Waals surface area contributed by atoms with E-state index in [4.69, 9.17) is 16.3 Å². The fraction of sp³-hybridized carbons (Fsp3) is 0.188. The first-order valence-corrected chi connectivity index (χ1v) is 6.92. The van der Waals surface area contributed by atoms with Crippen molar-refractivity contribution in [2.24, 2.45) is 0 Å². The standard InChI is InChI=1S/C16H15ClN2O/c1-11-4-3-9-19-10-15(18-16(11)19)13-5-7-14(8-6-13)20-12(2)17/h3-10,12H,1-2H3. The molecule has 3 rings (SSSR count). The van der Waals surface area contributed by atoms with Crippen molar-refractivity contribution in [3.63, 3.8) is 0 Å². The van der Waals surface area contributed by atoms with Crippen LogP contribution in [0.25, 0.3) is 16.9 Å². The van der Waals surface area contributed by atoms with E-state index in [0.717, 1.165) is 28.2 Å². The lowest BCUT2D eigenvalue weighted by Crippen LogP contribution is -2.01. The minimum atomic E-state index is -0.335. The molecule has 2 aromatic heterocycles. The summed E-state index contributed by atoms with van der Waals surface area (Å²) in [7, 11) is 0. The van der Waals surface area contributed by atoms with E-state index in [0.29, 0.717) is 0 Å². The number of hydrogen-bond donors (Lipinski definition) is 0. The summed E-state index contributed by atoms with van der Waals surface area (Å²) < 4.78 is 7.46. The Hall–Kier alpha value is -2.00. The Morgan fingerprint density at radius 3 is 2.60 bits per heavy atom. The molecule has 4 heteroatoms. The first-order chi connectivity index (χ1) is 9.63. The Bertz CT molecular complexity index is 732. The van der Waals surface area contributed by atoms with Gasteiger partial charge in [-0.05, 0) is 49.7 Å². The van der Waals surface area contributed by atoms with Crippen LogP contribution in [0.3, 0.4) is 0 Å². The number of nitrogens with zero attached hydrogens (tertiary/aromatic N) is 2. The number of hydrogen-bond acceptors (Lipinski definition) is 2. The number of halogens is 1. The van der Waals surface area contributed by atoms with Gasteiger partial charge in [-0.15, -0.1) is 0 Å². The molecule has 2 heterocycles. The van der Waals surface area contributed by atoms with Crippen LogP contribution in [0.15, 0.2) is 48.8 Å². The molecule has 1 unspecified atom stereocenters. The highest BCUT2D eigenvalue weighted by molar-refractivity contribution is 6.19. The van der Waals surface area contributed by atoms with E-state index in [9.17, 15) is 0 Å². The third-order valence-electron chi connectivity index (χ3n) is 3.13. The van der Waals surface area contributed by atoms with Crippen LogP contribution >= 0.6 is 11.6 Å². The third kappa shape index (κ3) is 2.49. The monoisotopic (exact) mass is 286 g/mol. The van der Waals surface area contributed by atoms with Gasteiger partial charge in [0.1, 0.15) is 11.4 Å². The molecule has 0 aliphatic rings. The van der Waals surface area contributed by atoms with Crippen molar-refractivity contribution in [1.29, 1.82) is 0 Å². The van der Waals surface area contributed by atoms with E-state index in [1.54, 1.807) is 6.92 Å². The van der Waals surface area contributed by atoms with E-state index in [1.807, 2.05) is 47.1 Å². The molecule has 0 saturated carbocycles. The average Bonchev–Trinajstić information content (AvgIpc) is 2.84. The van der Waals surface area contributed by atoms with Crippen LogP contribution < -0.4 is 4.74 Å². The highest BCUT2D eigenvalue weighted by Gasteiger charge is 2.06. The van der Waals surface area contributed by atoms with Crippen molar-refractivity contribution in [3.8, 4) is 17.0 Å². The van der Waals surface area contributed by atoms with Gasteiger partial charge >= 0.3 is 0 Å². The van der Waals surface area contributed by atoms with Crippen molar-refractivity contribution in [3.05, 3.63) is 54.4 Å². The SMILES string of the molecule is Cc1cccn2cc(-c3ccc(OC(C)Cl)cc3)nc12. The van der Waals surface area contributed by atoms with Crippen LogP contribution in [0, 0.1) is 6.92 Å². The Morgan fingerprint density at radius 2 is 1.95 bits per heavy atom. The topological polar surface area (TPSA) is 26.5 Å². The Labute approximate surface area is 122 Å². The van der Waals surface area contributed by atoms with E-state index >= 15 is 0 Å². The maximum absolute atomic E-state index is 5.80. The predicted octanol–water partition coefficient (Wildman–Crippen LogP) is 4.27. The van der Waals surface area contributed by atoms with Crippen LogP contribution in [0.4, 0.5) is 0 Å². The molecule has 1 aromatic carbocycles. The van der Waals surface area contributed by atoms with E-state index in [2.05, 4.69) is 18.0 Å². The minimum Gasteiger partial charge on any atom is -0.475 e. The second-order valence-electron chi connectivity index (χ2n) is 4.73. The van der Waals surface area contributed by atoms with Crippen molar-refractivity contribution in [2.75, 3.05) is 0 Å². The number of alkyl halides is 1. The second-order valence-corrected chi connectivity index (χ2v) is 5.35. The number of aromatic nitrogens is 2. The maximum Gasteiger partial charge on any atom is 0.169 e. The van der Waals surface area contributed by atoms with E-state index in [-0.39, 0.29) is 5.56 Å². The van der Waals surface area contributed by atoms with Gasteiger partial charge in [-0.2, -0.15) is 0 Å². The summed E-state index contributed by atoms with van der Waals surface area (Å²) in [6.45, 7) is 3.85. The third-order valence-corrected chi connectivity index (χ3v) is 3.22. The van der Waals surface area contributed by atoms with Crippen LogP contribution in [-0.4, -0.2) is 14.9 Å². The number of aryl methyl sites for hydroxylation is 1. The highest BCUT2D eigenvalue weighted by atomic mass is 35.5. The van der Waals surface area contributed by atoms with Gasteiger partial charge < -0.3 is 9.14 Å². The zero-order valence-corrected chi connectivity index (χ0v) is 12.1. The second kappa shape index (κ2) is 5.17. The molecule has 0 aliphatic heterocycles. The van der Waals surface area contributed by atoms with Gasteiger partial charge in [-0.1, -0.05) is 17.7 Å². The number of rotatable bonds is 3. The zero-order chi connectivity index (χ0) is 14.1. The fourth-order valence-electron chi connectivity index (χ4n) is 2.18. The Morgan fingerprint density at radius 1 is 1.20 bits per heavy atom. The minimum absolute atomic E-state index is 0.335. The lowest BCUT2D eigenvalue weighted by molar-refractivity contribution is 0.301. The number of ether oxygens (including phenoxy) is 1. The molecular formula is C16H15ClN2O. The van der Waals surface area contributed by atoms with Crippen LogP contribution in [-0.2, 0) is 0 Å². The molecule has 0 fully saturated rings. The molecule has 0 radical (unpaired) electrons. The van der Waals surface area contributed by atoms with Crippen molar-refractivity contribution in [1.82, 2.24) is 9.38 Å². The summed E-state index contributed by atoms with van der Waals surface area (Å²) in [5, 5.41) is 0. The average molecular weight is 287 g/mol. The fourth-order valence-corrected chi connectivity index (χ4v) is 2.29. The number of imidazole rings is 1. The summed E-state index contributed by atoms with van der Waals surface area (Å²) >= 11 is 5.80. The normalized spacial score (nSPS) is 12.6. The first-order valence-electron chi connectivity index (χ1n) is 6.49. The molecule has 3 aromatic rings. The lowest BCUT2D eigenvalue weighted by Gasteiger charge is -2.07. The number of fused-ring (bicyclic) bond motifs is 1. The van der Waals surface area contributed by atoms with Crippen LogP contribution in [0.2, 0.25) is 0 Å². The van der Waals surface area contributed by atoms with Gasteiger partial charge in [0, 0.05) is 18.0 Å². The van der Waals surface area contributed by atoms with Gasteiger partial charge in [0.2, 0.25) is 0 Å². The van der Waals surface area contributed by atoms with Gasteiger partial charge in [0.05, 0.1) is 5.69 Å². The lowest BCUT2D eigenvalue weighted by atomic mass is 10.2. The van der Waals surface area contributed by atoms with E-state index in [1.165, 1.54) is 0 Å². The quantitative estimate of drug-likeness (QED) is 0.672. The molecule has 0 amide bonds. The van der Waals surface area contributed by atoms with E-state index < -0.39 is 0 Å². The van der Waals surface area contributed by atoms with Gasteiger partial charge in [0.25, 0.3) is 0 Å². The molecule has 0 aliphatic carbocycles. The van der Waals surface area contributed by atoms with Crippen molar-refractivity contribution >= 4 is 17.2 Å². The van der Waals surface area contributed by atoms with Crippen molar-refractivity contribution < 1.29 is 4.74 Å². The van der Waals surface area contributed by atoms with Crippen molar-refractivity contribution in [2.45, 2.75) is 19.4 Å². The summed E-state index contributed by atoms with van der Waals surface area (Å²) in [5.41, 5.74) is 3.82. The molecule has 0 spiro atoms. The largest absolute Gasteiger partial charge is 0.475 e. The number of benzene rings is 1. The Balaban J connectivity index is 1.96. The Kier molecular flexibility index (Phi) is 3.36.